The van der Waals surface area contributed by atoms with E-state index in [2.05, 4.69) is 0 Å². The molecule has 16 heavy (non-hydrogen) atoms. The standard InChI is InChI=1S/C10H8F3NO2/c11-10(12,13)9-5-8(9)6-2-1-3-7(4-6)14(15)16/h1-4,8-9H,5H2/t8-,9+/m1/s1. The number of halogens is 3. The summed E-state index contributed by atoms with van der Waals surface area (Å²) in [6, 6.07) is 5.41. The molecule has 0 aromatic heterocycles. The van der Waals surface area contributed by atoms with E-state index in [4.69, 9.17) is 0 Å². The van der Waals surface area contributed by atoms with Crippen LogP contribution in [0, 0.1) is 16.0 Å². The van der Waals surface area contributed by atoms with Gasteiger partial charge in [0.1, 0.15) is 0 Å². The highest BCUT2D eigenvalue weighted by molar-refractivity contribution is 5.38. The number of non-ortho nitro benzene ring substituents is 1. The van der Waals surface area contributed by atoms with Crippen molar-refractivity contribution in [2.75, 3.05) is 0 Å². The molecular formula is C10H8F3NO2. The molecule has 2 atom stereocenters. The summed E-state index contributed by atoms with van der Waals surface area (Å²) < 4.78 is 36.9. The first-order chi connectivity index (χ1) is 7.39. The maximum absolute atomic E-state index is 12.3. The van der Waals surface area contributed by atoms with E-state index in [1.54, 1.807) is 0 Å². The van der Waals surface area contributed by atoms with Gasteiger partial charge in [-0.15, -0.1) is 0 Å². The lowest BCUT2D eigenvalue weighted by atomic mass is 10.1. The van der Waals surface area contributed by atoms with Gasteiger partial charge in [-0.2, -0.15) is 13.2 Å². The van der Waals surface area contributed by atoms with Crippen LogP contribution in [0.25, 0.3) is 0 Å². The van der Waals surface area contributed by atoms with Crippen LogP contribution >= 0.6 is 0 Å². The molecule has 0 saturated heterocycles. The average molecular weight is 231 g/mol. The first-order valence-electron chi connectivity index (χ1n) is 4.70. The number of hydrogen-bond acceptors (Lipinski definition) is 2. The number of nitrogens with zero attached hydrogens (tertiary/aromatic N) is 1. The summed E-state index contributed by atoms with van der Waals surface area (Å²) in [5.41, 5.74) is 0.238. The summed E-state index contributed by atoms with van der Waals surface area (Å²) in [4.78, 5) is 9.86. The van der Waals surface area contributed by atoms with E-state index in [1.807, 2.05) is 0 Å². The molecule has 0 aliphatic heterocycles. The molecule has 3 nitrogen and oxygen atoms in total. The van der Waals surface area contributed by atoms with E-state index < -0.39 is 22.9 Å². The fourth-order valence-corrected chi connectivity index (χ4v) is 1.79. The highest BCUT2D eigenvalue weighted by atomic mass is 19.4. The fourth-order valence-electron chi connectivity index (χ4n) is 1.79. The van der Waals surface area contributed by atoms with E-state index >= 15 is 0 Å². The second kappa shape index (κ2) is 3.47. The summed E-state index contributed by atoms with van der Waals surface area (Å²) in [5, 5.41) is 10.5. The summed E-state index contributed by atoms with van der Waals surface area (Å²) in [6.45, 7) is 0. The molecule has 1 aliphatic carbocycles. The molecule has 0 N–H and O–H groups in total. The Labute approximate surface area is 89.0 Å². The average Bonchev–Trinajstić information content (AvgIpc) is 2.96. The van der Waals surface area contributed by atoms with E-state index in [0.717, 1.165) is 0 Å². The van der Waals surface area contributed by atoms with E-state index in [0.29, 0.717) is 5.56 Å². The van der Waals surface area contributed by atoms with Crippen molar-refractivity contribution in [1.29, 1.82) is 0 Å². The van der Waals surface area contributed by atoms with Crippen LogP contribution in [0.5, 0.6) is 0 Å². The lowest BCUT2D eigenvalue weighted by Gasteiger charge is -2.04. The SMILES string of the molecule is O=[N+]([O-])c1cccc([C@H]2C[C@@H]2C(F)(F)F)c1. The van der Waals surface area contributed by atoms with Crippen molar-refractivity contribution < 1.29 is 18.1 Å². The smallest absolute Gasteiger partial charge is 0.258 e. The van der Waals surface area contributed by atoms with Crippen LogP contribution in [0.2, 0.25) is 0 Å². The number of benzene rings is 1. The Bertz CT molecular complexity index is 430. The minimum atomic E-state index is -4.20. The quantitative estimate of drug-likeness (QED) is 0.579. The van der Waals surface area contributed by atoms with Crippen LogP contribution in [0.3, 0.4) is 0 Å². The Morgan fingerprint density at radius 2 is 2.06 bits per heavy atom. The van der Waals surface area contributed by atoms with E-state index in [9.17, 15) is 23.3 Å². The van der Waals surface area contributed by atoms with Gasteiger partial charge in [0, 0.05) is 12.1 Å². The molecule has 0 bridgehead atoms. The molecule has 0 spiro atoms. The Kier molecular flexibility index (Phi) is 2.36. The maximum atomic E-state index is 12.3. The minimum Gasteiger partial charge on any atom is -0.258 e. The van der Waals surface area contributed by atoms with Crippen LogP contribution in [-0.4, -0.2) is 11.1 Å². The van der Waals surface area contributed by atoms with Crippen LogP contribution < -0.4 is 0 Å². The molecule has 1 fully saturated rings. The van der Waals surface area contributed by atoms with Crippen molar-refractivity contribution in [3.8, 4) is 0 Å². The molecule has 1 aromatic rings. The van der Waals surface area contributed by atoms with Crippen molar-refractivity contribution in [2.24, 2.45) is 5.92 Å². The number of nitro groups is 1. The van der Waals surface area contributed by atoms with Gasteiger partial charge < -0.3 is 0 Å². The van der Waals surface area contributed by atoms with Gasteiger partial charge in [-0.1, -0.05) is 12.1 Å². The Morgan fingerprint density at radius 1 is 1.38 bits per heavy atom. The molecule has 2 rings (SSSR count). The third kappa shape index (κ3) is 2.00. The summed E-state index contributed by atoms with van der Waals surface area (Å²) in [7, 11) is 0. The molecule has 1 aromatic carbocycles. The summed E-state index contributed by atoms with van der Waals surface area (Å²) >= 11 is 0. The van der Waals surface area contributed by atoms with Gasteiger partial charge in [-0.05, 0) is 17.9 Å². The van der Waals surface area contributed by atoms with Crippen molar-refractivity contribution >= 4 is 5.69 Å². The first kappa shape index (κ1) is 10.9. The molecule has 0 radical (unpaired) electrons. The predicted octanol–water partition coefficient (Wildman–Crippen LogP) is 3.26. The van der Waals surface area contributed by atoms with Gasteiger partial charge >= 0.3 is 6.18 Å². The first-order valence-corrected chi connectivity index (χ1v) is 4.70. The van der Waals surface area contributed by atoms with Crippen LogP contribution in [-0.2, 0) is 0 Å². The van der Waals surface area contributed by atoms with Gasteiger partial charge in [0.2, 0.25) is 0 Å². The zero-order valence-electron chi connectivity index (χ0n) is 8.07. The lowest BCUT2D eigenvalue weighted by Crippen LogP contribution is -2.11. The van der Waals surface area contributed by atoms with E-state index in [-0.39, 0.29) is 12.1 Å². The minimum absolute atomic E-state index is 0.0324. The maximum Gasteiger partial charge on any atom is 0.392 e. The monoisotopic (exact) mass is 231 g/mol. The normalized spacial score (nSPS) is 24.2. The molecule has 86 valence electrons. The Hall–Kier alpha value is -1.59. The largest absolute Gasteiger partial charge is 0.392 e. The molecule has 0 unspecified atom stereocenters. The summed E-state index contributed by atoms with van der Waals surface area (Å²) in [5.74, 6) is -1.95. The Morgan fingerprint density at radius 3 is 2.56 bits per heavy atom. The number of hydrogen-bond donors (Lipinski definition) is 0. The third-order valence-corrected chi connectivity index (χ3v) is 2.72. The van der Waals surface area contributed by atoms with Crippen LogP contribution in [0.1, 0.15) is 17.9 Å². The topological polar surface area (TPSA) is 43.1 Å². The second-order valence-corrected chi connectivity index (χ2v) is 3.84. The Balaban J connectivity index is 2.18. The lowest BCUT2D eigenvalue weighted by molar-refractivity contribution is -0.384. The number of nitro benzene ring substituents is 1. The molecule has 6 heteroatoms. The van der Waals surface area contributed by atoms with Crippen LogP contribution in [0.4, 0.5) is 18.9 Å². The zero-order chi connectivity index (χ0) is 11.9. The molecule has 1 saturated carbocycles. The molecule has 0 amide bonds. The van der Waals surface area contributed by atoms with Crippen molar-refractivity contribution in [1.82, 2.24) is 0 Å². The highest BCUT2D eigenvalue weighted by Gasteiger charge is 2.56. The van der Waals surface area contributed by atoms with Gasteiger partial charge in [0.25, 0.3) is 5.69 Å². The van der Waals surface area contributed by atoms with Gasteiger partial charge in [0.05, 0.1) is 10.8 Å². The second-order valence-electron chi connectivity index (χ2n) is 3.84. The molecule has 0 heterocycles. The number of rotatable bonds is 2. The van der Waals surface area contributed by atoms with Gasteiger partial charge in [-0.25, -0.2) is 0 Å². The van der Waals surface area contributed by atoms with Crippen LogP contribution in [0.15, 0.2) is 24.3 Å². The van der Waals surface area contributed by atoms with E-state index in [1.165, 1.54) is 24.3 Å². The van der Waals surface area contributed by atoms with Crippen molar-refractivity contribution in [3.05, 3.63) is 39.9 Å². The fraction of sp³-hybridized carbons (Fsp3) is 0.400. The number of alkyl halides is 3. The molecule has 1 aliphatic rings. The zero-order valence-corrected chi connectivity index (χ0v) is 8.07. The van der Waals surface area contributed by atoms with Gasteiger partial charge in [0.15, 0.2) is 0 Å². The third-order valence-electron chi connectivity index (χ3n) is 2.72. The van der Waals surface area contributed by atoms with Gasteiger partial charge in [-0.3, -0.25) is 10.1 Å². The predicted molar refractivity (Wildman–Crippen MR) is 50.0 cm³/mol. The highest BCUT2D eigenvalue weighted by Crippen LogP contribution is 2.56. The summed E-state index contributed by atoms with van der Waals surface area (Å²) in [6.07, 6.45) is -4.17. The van der Waals surface area contributed by atoms with Crippen molar-refractivity contribution in [3.63, 3.8) is 0 Å². The molecular weight excluding hydrogens is 223 g/mol. The van der Waals surface area contributed by atoms with Crippen molar-refractivity contribution in [2.45, 2.75) is 18.5 Å².